The Morgan fingerprint density at radius 2 is 1.14 bits per heavy atom. The van der Waals surface area contributed by atoms with E-state index in [2.05, 4.69) is 206 Å². The van der Waals surface area contributed by atoms with Crippen LogP contribution in [0.2, 0.25) is 0 Å². The second-order valence-electron chi connectivity index (χ2n) is 16.6. The molecule has 10 aromatic carbocycles. The first-order valence-corrected chi connectivity index (χ1v) is 22.8. The van der Waals surface area contributed by atoms with Crippen LogP contribution < -0.4 is 4.90 Å². The summed E-state index contributed by atoms with van der Waals surface area (Å²) in [4.78, 5) is 4.03. The summed E-state index contributed by atoms with van der Waals surface area (Å²) in [7, 11) is 0. The van der Waals surface area contributed by atoms with Crippen LogP contribution in [0.1, 0.15) is 30.5 Å². The Morgan fingerprint density at radius 1 is 0.458 bits per heavy atom. The molecular weight excluding hydrogens is 751 g/mol. The van der Waals surface area contributed by atoms with Gasteiger partial charge in [-0.25, -0.2) is 0 Å². The van der Waals surface area contributed by atoms with E-state index in [1.54, 1.807) is 0 Å². The van der Waals surface area contributed by atoms with Gasteiger partial charge in [0.25, 0.3) is 0 Å². The van der Waals surface area contributed by atoms with Crippen LogP contribution in [0, 0.1) is 0 Å². The van der Waals surface area contributed by atoms with E-state index in [4.69, 9.17) is 0 Å². The van der Waals surface area contributed by atoms with Crippen LogP contribution in [0.3, 0.4) is 0 Å². The second-order valence-corrected chi connectivity index (χ2v) is 18.8. The molecule has 1 aliphatic carbocycles. The lowest BCUT2D eigenvalue weighted by atomic mass is 9.81. The fourth-order valence-corrected chi connectivity index (χ4v) is 12.6. The van der Waals surface area contributed by atoms with Gasteiger partial charge in [0.1, 0.15) is 0 Å². The Hall–Kier alpha value is -6.00. The highest BCUT2D eigenvalue weighted by Gasteiger charge is 2.37. The maximum atomic E-state index is 2.61. The molecule has 12 rings (SSSR count). The van der Waals surface area contributed by atoms with E-state index in [0.717, 1.165) is 22.9 Å². The first-order chi connectivity index (χ1) is 29.0. The van der Waals surface area contributed by atoms with Gasteiger partial charge in [0.2, 0.25) is 0 Å². The molecule has 0 N–H and O–H groups in total. The first kappa shape index (κ1) is 35.0. The van der Waals surface area contributed by atoms with E-state index >= 15 is 0 Å². The largest absolute Gasteiger partial charge is 0.309 e. The highest BCUT2D eigenvalue weighted by molar-refractivity contribution is 8.03. The van der Waals surface area contributed by atoms with E-state index in [0.29, 0.717) is 0 Å². The second kappa shape index (κ2) is 13.5. The van der Waals surface area contributed by atoms with Crippen LogP contribution in [0.25, 0.3) is 76.5 Å². The third kappa shape index (κ3) is 5.34. The minimum Gasteiger partial charge on any atom is -0.309 e. The smallest absolute Gasteiger partial charge is 0.0547 e. The van der Waals surface area contributed by atoms with Crippen molar-refractivity contribution in [1.29, 1.82) is 0 Å². The molecule has 2 aliphatic rings. The quantitative estimate of drug-likeness (QED) is 0.126. The van der Waals surface area contributed by atoms with Crippen molar-refractivity contribution in [2.45, 2.75) is 29.9 Å². The maximum Gasteiger partial charge on any atom is 0.0547 e. The van der Waals surface area contributed by atoms with Crippen molar-refractivity contribution in [3.05, 3.63) is 193 Å². The number of thioether (sulfide) groups is 2. The molecule has 0 fully saturated rings. The molecule has 1 heterocycles. The van der Waals surface area contributed by atoms with E-state index in [1.807, 2.05) is 11.8 Å². The van der Waals surface area contributed by atoms with E-state index < -0.39 is 0 Å². The predicted octanol–water partition coefficient (Wildman–Crippen LogP) is 16.2. The van der Waals surface area contributed by atoms with Crippen LogP contribution >= 0.6 is 23.5 Å². The lowest BCUT2D eigenvalue weighted by Gasteiger charge is -2.32. The van der Waals surface area contributed by atoms with E-state index in [1.165, 1.54) is 109 Å². The zero-order valence-corrected chi connectivity index (χ0v) is 34.8. The van der Waals surface area contributed by atoms with Gasteiger partial charge in [-0.3, -0.25) is 0 Å². The molecule has 59 heavy (non-hydrogen) atoms. The number of fused-ring (bicyclic) bond motifs is 6. The summed E-state index contributed by atoms with van der Waals surface area (Å²) < 4.78 is 0. The highest BCUT2D eigenvalue weighted by atomic mass is 32.2. The first-order valence-electron chi connectivity index (χ1n) is 20.7. The fraction of sp³-hybridized carbons (Fsp3) is 0.107. The Labute approximate surface area is 354 Å². The van der Waals surface area contributed by atoms with Crippen molar-refractivity contribution in [1.82, 2.24) is 0 Å². The molecule has 0 spiro atoms. The molecule has 3 heteroatoms. The Morgan fingerprint density at radius 3 is 1.95 bits per heavy atom. The standard InChI is InChI=1S/C56H41NS2/c1-56(2)48-23-7-6-18-41(48)46-32-47(44-21-11-17-39-34-58-30-31-59-55(39)44)51(33-49(46)56)57(40-27-24-36(25-28-40)35-12-4-3-5-13-35)50-29-26-38-16-9-20-43-42-19-8-14-37-15-10-22-45(52(37)42)54(50)53(38)43/h3-29,32-33H,30-31,34H2,1-2H3. The van der Waals surface area contributed by atoms with Gasteiger partial charge in [0.05, 0.1) is 11.4 Å². The van der Waals surface area contributed by atoms with Crippen LogP contribution in [0.15, 0.2) is 181 Å². The van der Waals surface area contributed by atoms with E-state index in [9.17, 15) is 0 Å². The van der Waals surface area contributed by atoms with Gasteiger partial charge in [0.15, 0.2) is 0 Å². The van der Waals surface area contributed by atoms with Crippen molar-refractivity contribution in [3.63, 3.8) is 0 Å². The van der Waals surface area contributed by atoms with Crippen molar-refractivity contribution in [3.8, 4) is 33.4 Å². The highest BCUT2D eigenvalue weighted by Crippen LogP contribution is 2.56. The number of hydrogen-bond donors (Lipinski definition) is 0. The molecular formula is C56H41NS2. The summed E-state index contributed by atoms with van der Waals surface area (Å²) in [5, 5.41) is 10.4. The zero-order valence-electron chi connectivity index (χ0n) is 33.1. The summed E-state index contributed by atoms with van der Waals surface area (Å²) in [6.07, 6.45) is 0. The lowest BCUT2D eigenvalue weighted by Crippen LogP contribution is -2.17. The molecule has 0 bridgehead atoms. The zero-order chi connectivity index (χ0) is 39.2. The van der Waals surface area contributed by atoms with Crippen molar-refractivity contribution < 1.29 is 0 Å². The normalized spacial score (nSPS) is 14.4. The number of anilines is 3. The third-order valence-electron chi connectivity index (χ3n) is 13.0. The Kier molecular flexibility index (Phi) is 8.02. The topological polar surface area (TPSA) is 3.24 Å². The van der Waals surface area contributed by atoms with Crippen LogP contribution in [0.4, 0.5) is 17.1 Å². The van der Waals surface area contributed by atoms with Gasteiger partial charge in [-0.1, -0.05) is 159 Å². The molecule has 10 aromatic rings. The summed E-state index contributed by atoms with van der Waals surface area (Å²) in [6.45, 7) is 4.82. The molecule has 0 aromatic heterocycles. The molecule has 1 aliphatic heterocycles. The van der Waals surface area contributed by atoms with Gasteiger partial charge in [-0.15, -0.1) is 11.8 Å². The van der Waals surface area contributed by atoms with Crippen LogP contribution in [-0.2, 0) is 11.2 Å². The summed E-state index contributed by atoms with van der Waals surface area (Å²) in [5.41, 5.74) is 15.3. The van der Waals surface area contributed by atoms with Gasteiger partial charge >= 0.3 is 0 Å². The third-order valence-corrected chi connectivity index (χ3v) is 15.5. The van der Waals surface area contributed by atoms with Crippen LogP contribution in [0.5, 0.6) is 0 Å². The molecule has 0 saturated heterocycles. The Bertz CT molecular complexity index is 3270. The van der Waals surface area contributed by atoms with Gasteiger partial charge in [-0.2, -0.15) is 11.8 Å². The van der Waals surface area contributed by atoms with Gasteiger partial charge in [-0.05, 0) is 113 Å². The van der Waals surface area contributed by atoms with Gasteiger partial charge < -0.3 is 4.90 Å². The monoisotopic (exact) mass is 791 g/mol. The predicted molar refractivity (Wildman–Crippen MR) is 258 cm³/mol. The molecule has 0 saturated carbocycles. The van der Waals surface area contributed by atoms with E-state index in [-0.39, 0.29) is 5.41 Å². The molecule has 0 radical (unpaired) electrons. The SMILES string of the molecule is CC1(C)c2ccccc2-c2cc(-c3cccc4c3SCCSC4)c(N(c3ccc(-c4ccccc4)cc3)c3ccc4cccc5c6cccc7cccc(c3c45)c76)cc21. The number of benzene rings is 10. The van der Waals surface area contributed by atoms with Crippen molar-refractivity contribution in [2.24, 2.45) is 0 Å². The average Bonchev–Trinajstić information content (AvgIpc) is 3.40. The summed E-state index contributed by atoms with van der Waals surface area (Å²) in [6, 6.07) is 66.5. The maximum absolute atomic E-state index is 2.61. The molecule has 0 amide bonds. The molecule has 1 nitrogen and oxygen atoms in total. The summed E-state index contributed by atoms with van der Waals surface area (Å²) in [5.74, 6) is 3.31. The number of hydrogen-bond acceptors (Lipinski definition) is 3. The average molecular weight is 792 g/mol. The molecule has 282 valence electrons. The summed E-state index contributed by atoms with van der Waals surface area (Å²) >= 11 is 4.08. The molecule has 0 atom stereocenters. The minimum absolute atomic E-state index is 0.170. The Balaban J connectivity index is 1.23. The van der Waals surface area contributed by atoms with Gasteiger partial charge in [0, 0.05) is 44.2 Å². The minimum atomic E-state index is -0.170. The van der Waals surface area contributed by atoms with Crippen LogP contribution in [-0.4, -0.2) is 11.5 Å². The molecule has 0 unspecified atom stereocenters. The number of nitrogens with zero attached hydrogens (tertiary/aromatic N) is 1. The van der Waals surface area contributed by atoms with Crippen molar-refractivity contribution >= 4 is 83.7 Å². The lowest BCUT2D eigenvalue weighted by molar-refractivity contribution is 0.660. The number of rotatable bonds is 5. The fourth-order valence-electron chi connectivity index (χ4n) is 10.3. The van der Waals surface area contributed by atoms with Crippen molar-refractivity contribution in [2.75, 3.05) is 16.4 Å².